The number of thiazole rings is 1. The monoisotopic (exact) mass is 349 g/mol. The van der Waals surface area contributed by atoms with E-state index in [1.807, 2.05) is 59.7 Å². The Morgan fingerprint density at radius 1 is 1.20 bits per heavy atom. The molecular weight excluding hydrogens is 330 g/mol. The molecular formula is C20H19N3OS. The van der Waals surface area contributed by atoms with Crippen molar-refractivity contribution in [2.45, 2.75) is 32.4 Å². The smallest absolute Gasteiger partial charge is 0.254 e. The molecule has 4 nitrogen and oxygen atoms in total. The molecule has 1 fully saturated rings. The lowest BCUT2D eigenvalue weighted by molar-refractivity contribution is 0.0728. The van der Waals surface area contributed by atoms with Gasteiger partial charge in [0.25, 0.3) is 5.91 Å². The van der Waals surface area contributed by atoms with Gasteiger partial charge in [0.1, 0.15) is 5.01 Å². The SMILES string of the molecule is Cc1csc(-c2ccc(C(=O)N(Cc3ccccn3)C3CC3)cc2)n1. The van der Waals surface area contributed by atoms with Crippen LogP contribution in [0, 0.1) is 6.92 Å². The molecule has 0 aliphatic heterocycles. The highest BCUT2D eigenvalue weighted by Crippen LogP contribution is 2.30. The molecule has 5 heteroatoms. The minimum Gasteiger partial charge on any atom is -0.330 e. The molecule has 0 spiro atoms. The van der Waals surface area contributed by atoms with Gasteiger partial charge in [-0.15, -0.1) is 11.3 Å². The summed E-state index contributed by atoms with van der Waals surface area (Å²) in [6.07, 6.45) is 3.93. The van der Waals surface area contributed by atoms with Gasteiger partial charge in [0, 0.05) is 34.4 Å². The Labute approximate surface area is 151 Å². The Balaban J connectivity index is 1.54. The maximum Gasteiger partial charge on any atom is 0.254 e. The standard InChI is InChI=1S/C20H19N3OS/c1-14-13-25-19(22-14)15-5-7-16(8-6-15)20(24)23(18-9-10-18)12-17-4-2-3-11-21-17/h2-8,11,13,18H,9-10,12H2,1H3. The highest BCUT2D eigenvalue weighted by molar-refractivity contribution is 7.13. The zero-order valence-corrected chi connectivity index (χ0v) is 14.9. The Hall–Kier alpha value is -2.53. The fraction of sp³-hybridized carbons (Fsp3) is 0.250. The van der Waals surface area contributed by atoms with E-state index in [-0.39, 0.29) is 5.91 Å². The second-order valence-electron chi connectivity index (χ2n) is 6.36. The van der Waals surface area contributed by atoms with Crippen LogP contribution in [0.25, 0.3) is 10.6 Å². The number of carbonyl (C=O) groups is 1. The predicted octanol–water partition coefficient (Wildman–Crippen LogP) is 4.32. The minimum atomic E-state index is 0.0787. The first-order valence-corrected chi connectivity index (χ1v) is 9.32. The molecule has 126 valence electrons. The van der Waals surface area contributed by atoms with E-state index in [0.717, 1.165) is 40.4 Å². The number of nitrogens with zero attached hydrogens (tertiary/aromatic N) is 3. The van der Waals surface area contributed by atoms with Crippen molar-refractivity contribution in [3.8, 4) is 10.6 Å². The number of hydrogen-bond donors (Lipinski definition) is 0. The molecule has 3 aromatic rings. The highest BCUT2D eigenvalue weighted by atomic mass is 32.1. The second-order valence-corrected chi connectivity index (χ2v) is 7.21. The van der Waals surface area contributed by atoms with E-state index in [4.69, 9.17) is 0 Å². The van der Waals surface area contributed by atoms with E-state index in [9.17, 15) is 4.79 Å². The van der Waals surface area contributed by atoms with Crippen LogP contribution in [-0.2, 0) is 6.54 Å². The summed E-state index contributed by atoms with van der Waals surface area (Å²) >= 11 is 1.63. The summed E-state index contributed by atoms with van der Waals surface area (Å²) in [5, 5.41) is 3.03. The van der Waals surface area contributed by atoms with Gasteiger partial charge in [-0.1, -0.05) is 18.2 Å². The second kappa shape index (κ2) is 6.76. The zero-order valence-electron chi connectivity index (χ0n) is 14.1. The third-order valence-electron chi connectivity index (χ3n) is 4.30. The fourth-order valence-electron chi connectivity index (χ4n) is 2.83. The van der Waals surface area contributed by atoms with Gasteiger partial charge >= 0.3 is 0 Å². The van der Waals surface area contributed by atoms with E-state index in [1.54, 1.807) is 17.5 Å². The van der Waals surface area contributed by atoms with Crippen LogP contribution in [0.3, 0.4) is 0 Å². The van der Waals surface area contributed by atoms with Crippen LogP contribution in [-0.4, -0.2) is 26.8 Å². The average molecular weight is 349 g/mol. The summed E-state index contributed by atoms with van der Waals surface area (Å²) in [6.45, 7) is 2.56. The van der Waals surface area contributed by atoms with Crippen LogP contribution in [0.1, 0.15) is 34.6 Å². The summed E-state index contributed by atoms with van der Waals surface area (Å²) in [5.74, 6) is 0.0787. The molecule has 4 rings (SSSR count). The molecule has 0 saturated heterocycles. The van der Waals surface area contributed by atoms with Crippen LogP contribution in [0.2, 0.25) is 0 Å². The molecule has 0 atom stereocenters. The lowest BCUT2D eigenvalue weighted by atomic mass is 10.1. The van der Waals surface area contributed by atoms with E-state index in [2.05, 4.69) is 9.97 Å². The number of hydrogen-bond acceptors (Lipinski definition) is 4. The summed E-state index contributed by atoms with van der Waals surface area (Å²) < 4.78 is 0. The lowest BCUT2D eigenvalue weighted by Crippen LogP contribution is -2.32. The van der Waals surface area contributed by atoms with Crippen LogP contribution >= 0.6 is 11.3 Å². The molecule has 1 aliphatic carbocycles. The van der Waals surface area contributed by atoms with Gasteiger partial charge in [-0.3, -0.25) is 9.78 Å². The lowest BCUT2D eigenvalue weighted by Gasteiger charge is -2.22. The summed E-state index contributed by atoms with van der Waals surface area (Å²) in [7, 11) is 0. The Morgan fingerprint density at radius 2 is 2.00 bits per heavy atom. The van der Waals surface area contributed by atoms with Crippen molar-refractivity contribution in [1.82, 2.24) is 14.9 Å². The predicted molar refractivity (Wildman–Crippen MR) is 99.4 cm³/mol. The van der Waals surface area contributed by atoms with Crippen LogP contribution < -0.4 is 0 Å². The number of carbonyl (C=O) groups excluding carboxylic acids is 1. The molecule has 0 bridgehead atoms. The van der Waals surface area contributed by atoms with Crippen molar-refractivity contribution in [1.29, 1.82) is 0 Å². The normalized spacial score (nSPS) is 13.6. The first-order valence-electron chi connectivity index (χ1n) is 8.44. The summed E-state index contributed by atoms with van der Waals surface area (Å²) in [5.41, 5.74) is 3.73. The maximum absolute atomic E-state index is 13.0. The molecule has 25 heavy (non-hydrogen) atoms. The average Bonchev–Trinajstić information content (AvgIpc) is 3.40. The topological polar surface area (TPSA) is 46.1 Å². The Kier molecular flexibility index (Phi) is 4.32. The highest BCUT2D eigenvalue weighted by Gasteiger charge is 2.33. The van der Waals surface area contributed by atoms with Crippen molar-refractivity contribution in [3.05, 3.63) is 71.0 Å². The van der Waals surface area contributed by atoms with E-state index in [0.29, 0.717) is 12.6 Å². The number of aryl methyl sites for hydroxylation is 1. The Morgan fingerprint density at radius 3 is 2.60 bits per heavy atom. The van der Waals surface area contributed by atoms with Gasteiger partial charge in [-0.05, 0) is 44.0 Å². The third kappa shape index (κ3) is 3.61. The molecule has 0 radical (unpaired) electrons. The molecule has 2 heterocycles. The molecule has 2 aromatic heterocycles. The summed E-state index contributed by atoms with van der Waals surface area (Å²) in [6, 6.07) is 13.9. The quantitative estimate of drug-likeness (QED) is 0.689. The molecule has 0 unspecified atom stereocenters. The largest absolute Gasteiger partial charge is 0.330 e. The van der Waals surface area contributed by atoms with E-state index in [1.165, 1.54) is 0 Å². The molecule has 0 N–H and O–H groups in total. The molecule has 1 saturated carbocycles. The Bertz CT molecular complexity index is 869. The van der Waals surface area contributed by atoms with Gasteiger partial charge in [-0.25, -0.2) is 4.98 Å². The number of benzene rings is 1. The minimum absolute atomic E-state index is 0.0787. The van der Waals surface area contributed by atoms with Gasteiger partial charge < -0.3 is 4.90 Å². The van der Waals surface area contributed by atoms with E-state index < -0.39 is 0 Å². The molecule has 1 aromatic carbocycles. The van der Waals surface area contributed by atoms with Gasteiger partial charge in [0.2, 0.25) is 0 Å². The number of amides is 1. The number of rotatable bonds is 5. The van der Waals surface area contributed by atoms with Gasteiger partial charge in [0.05, 0.1) is 12.2 Å². The van der Waals surface area contributed by atoms with Crippen LogP contribution in [0.5, 0.6) is 0 Å². The van der Waals surface area contributed by atoms with E-state index >= 15 is 0 Å². The van der Waals surface area contributed by atoms with Gasteiger partial charge in [0.15, 0.2) is 0 Å². The molecule has 1 amide bonds. The first-order chi connectivity index (χ1) is 12.2. The molecule has 1 aliphatic rings. The zero-order chi connectivity index (χ0) is 17.2. The van der Waals surface area contributed by atoms with Crippen molar-refractivity contribution in [2.75, 3.05) is 0 Å². The number of pyridine rings is 1. The van der Waals surface area contributed by atoms with Crippen molar-refractivity contribution in [3.63, 3.8) is 0 Å². The van der Waals surface area contributed by atoms with Crippen molar-refractivity contribution in [2.24, 2.45) is 0 Å². The third-order valence-corrected chi connectivity index (χ3v) is 5.31. The number of aromatic nitrogens is 2. The van der Waals surface area contributed by atoms with Crippen LogP contribution in [0.4, 0.5) is 0 Å². The van der Waals surface area contributed by atoms with Crippen molar-refractivity contribution >= 4 is 17.2 Å². The van der Waals surface area contributed by atoms with Crippen molar-refractivity contribution < 1.29 is 4.79 Å². The first kappa shape index (κ1) is 16.0. The maximum atomic E-state index is 13.0. The fourth-order valence-corrected chi connectivity index (χ4v) is 3.63. The van der Waals surface area contributed by atoms with Gasteiger partial charge in [-0.2, -0.15) is 0 Å². The van der Waals surface area contributed by atoms with Crippen LogP contribution in [0.15, 0.2) is 54.0 Å². The summed E-state index contributed by atoms with van der Waals surface area (Å²) in [4.78, 5) is 23.8.